The third-order valence-electron chi connectivity index (χ3n) is 1.28. The average Bonchev–Trinajstić information content (AvgIpc) is 2.33. The van der Waals surface area contributed by atoms with Crippen molar-refractivity contribution >= 4 is 11.0 Å². The third kappa shape index (κ3) is 2.11. The predicted molar refractivity (Wildman–Crippen MR) is 41.5 cm³/mol. The Balaban J connectivity index is 0.000000500. The maximum atomic E-state index is 4.01. The summed E-state index contributed by atoms with van der Waals surface area (Å²) in [5.41, 5.74) is 1.94. The molecular formula is C8H8N2Y-2. The van der Waals surface area contributed by atoms with Crippen molar-refractivity contribution in [3.63, 3.8) is 0 Å². The number of aromatic nitrogens is 2. The fourth-order valence-corrected chi connectivity index (χ4v) is 0.836. The van der Waals surface area contributed by atoms with Crippen molar-refractivity contribution in [2.24, 2.45) is 0 Å². The Labute approximate surface area is 91.3 Å². The van der Waals surface area contributed by atoms with Crippen molar-refractivity contribution in [1.29, 1.82) is 0 Å². The fraction of sp³-hybridized carbons (Fsp3) is 0. The van der Waals surface area contributed by atoms with Crippen LogP contribution in [0.5, 0.6) is 0 Å². The molecule has 0 saturated heterocycles. The van der Waals surface area contributed by atoms with Crippen LogP contribution < -0.4 is 4.98 Å². The number of hydrogen-bond acceptors (Lipinski definition) is 1. The molecule has 0 aliphatic carbocycles. The fourth-order valence-electron chi connectivity index (χ4n) is 0.836. The molecule has 55 valence electrons. The monoisotopic (exact) mass is 221 g/mol. The molecule has 0 atom stereocenters. The van der Waals surface area contributed by atoms with Gasteiger partial charge in [-0.3, -0.25) is 0 Å². The maximum absolute atomic E-state index is 4.01. The van der Waals surface area contributed by atoms with E-state index in [0.29, 0.717) is 0 Å². The molecule has 0 unspecified atom stereocenters. The molecule has 2 aromatic rings. The van der Waals surface area contributed by atoms with Crippen LogP contribution in [0.1, 0.15) is 0 Å². The Kier molecular flexibility index (Phi) is 4.54. The summed E-state index contributed by atoms with van der Waals surface area (Å²) in [6.45, 7) is 0. The van der Waals surface area contributed by atoms with Gasteiger partial charge >= 0.3 is 0 Å². The van der Waals surface area contributed by atoms with Crippen LogP contribution in [-0.4, -0.2) is 4.98 Å². The van der Waals surface area contributed by atoms with Crippen LogP contribution in [0.4, 0.5) is 0 Å². The molecule has 1 radical (unpaired) electrons. The van der Waals surface area contributed by atoms with Crippen molar-refractivity contribution in [3.8, 4) is 0 Å². The van der Waals surface area contributed by atoms with E-state index in [-0.39, 0.29) is 40.1 Å². The summed E-state index contributed by atoms with van der Waals surface area (Å²) < 4.78 is 0. The van der Waals surface area contributed by atoms with Gasteiger partial charge in [0.2, 0.25) is 0 Å². The predicted octanol–water partition coefficient (Wildman–Crippen LogP) is 1.64. The molecular weight excluding hydrogens is 213 g/mol. The van der Waals surface area contributed by atoms with Crippen LogP contribution in [0.2, 0.25) is 0 Å². The summed E-state index contributed by atoms with van der Waals surface area (Å²) in [4.78, 5) is 8.02. The van der Waals surface area contributed by atoms with E-state index in [1.165, 1.54) is 0 Å². The van der Waals surface area contributed by atoms with Crippen LogP contribution >= 0.6 is 0 Å². The van der Waals surface area contributed by atoms with Gasteiger partial charge in [-0.2, -0.15) is 0 Å². The van der Waals surface area contributed by atoms with E-state index >= 15 is 0 Å². The third-order valence-corrected chi connectivity index (χ3v) is 1.28. The number of rotatable bonds is 0. The Morgan fingerprint density at radius 2 is 1.91 bits per heavy atom. The van der Waals surface area contributed by atoms with Gasteiger partial charge in [0.1, 0.15) is 0 Å². The Morgan fingerprint density at radius 3 is 2.64 bits per heavy atom. The van der Waals surface area contributed by atoms with Crippen LogP contribution in [0, 0.1) is 7.43 Å². The molecule has 1 aromatic heterocycles. The summed E-state index contributed by atoms with van der Waals surface area (Å²) >= 11 is 0. The minimum Gasteiger partial charge on any atom is -0.443 e. The van der Waals surface area contributed by atoms with Crippen molar-refractivity contribution in [2.45, 2.75) is 0 Å². The zero-order valence-corrected chi connectivity index (χ0v) is 9.20. The molecule has 0 saturated carbocycles. The first-order valence-corrected chi connectivity index (χ1v) is 2.79. The number of para-hydroxylation sites is 2. The zero-order chi connectivity index (χ0) is 6.10. The van der Waals surface area contributed by atoms with E-state index in [9.17, 15) is 0 Å². The quantitative estimate of drug-likeness (QED) is 0.632. The van der Waals surface area contributed by atoms with E-state index in [1.54, 1.807) is 6.33 Å². The molecule has 0 amide bonds. The minimum atomic E-state index is 0. The topological polar surface area (TPSA) is 27.0 Å². The average molecular weight is 221 g/mol. The molecule has 0 bridgehead atoms. The van der Waals surface area contributed by atoms with Gasteiger partial charge in [-0.15, -0.1) is 0 Å². The number of benzene rings is 1. The summed E-state index contributed by atoms with van der Waals surface area (Å²) in [6, 6.07) is 7.80. The molecule has 2 nitrogen and oxygen atoms in total. The van der Waals surface area contributed by atoms with Crippen LogP contribution in [0.15, 0.2) is 30.6 Å². The number of nitrogens with zero attached hydrogens (tertiary/aromatic N) is 2. The van der Waals surface area contributed by atoms with E-state index in [1.807, 2.05) is 24.3 Å². The smallest absolute Gasteiger partial charge is 0 e. The molecule has 1 heterocycles. The first-order chi connectivity index (χ1) is 4.47. The van der Waals surface area contributed by atoms with E-state index < -0.39 is 0 Å². The summed E-state index contributed by atoms with van der Waals surface area (Å²) in [5, 5.41) is 0. The Bertz CT molecular complexity index is 286. The largest absolute Gasteiger partial charge is 0.443 e. The molecule has 0 fully saturated rings. The first kappa shape index (κ1) is 10.8. The SMILES string of the molecule is [CH3-].[Y].c1ccc2[n-]cnc2c1. The van der Waals surface area contributed by atoms with Gasteiger partial charge in [-0.05, 0) is 11.0 Å². The van der Waals surface area contributed by atoms with Gasteiger partial charge in [0, 0.05) is 32.7 Å². The number of fused-ring (bicyclic) bond motifs is 1. The van der Waals surface area contributed by atoms with Gasteiger partial charge in [0.05, 0.1) is 0 Å². The van der Waals surface area contributed by atoms with Crippen molar-refractivity contribution in [1.82, 2.24) is 9.97 Å². The van der Waals surface area contributed by atoms with Crippen LogP contribution in [0.3, 0.4) is 0 Å². The second-order valence-corrected chi connectivity index (χ2v) is 1.86. The van der Waals surface area contributed by atoms with Crippen molar-refractivity contribution in [2.75, 3.05) is 0 Å². The van der Waals surface area contributed by atoms with Crippen LogP contribution in [-0.2, 0) is 32.7 Å². The second-order valence-electron chi connectivity index (χ2n) is 1.86. The van der Waals surface area contributed by atoms with Crippen molar-refractivity contribution in [3.05, 3.63) is 38.0 Å². The molecule has 0 aliphatic heterocycles. The molecule has 3 heteroatoms. The Hall–Kier alpha value is -0.206. The Morgan fingerprint density at radius 1 is 1.18 bits per heavy atom. The maximum Gasteiger partial charge on any atom is 0 e. The van der Waals surface area contributed by atoms with E-state index in [0.717, 1.165) is 11.0 Å². The molecule has 2 rings (SSSR count). The van der Waals surface area contributed by atoms with Gasteiger partial charge in [0.15, 0.2) is 0 Å². The van der Waals surface area contributed by atoms with E-state index in [2.05, 4.69) is 9.97 Å². The normalized spacial score (nSPS) is 8.36. The molecule has 1 aromatic carbocycles. The molecule has 0 aliphatic rings. The van der Waals surface area contributed by atoms with Gasteiger partial charge in [0.25, 0.3) is 0 Å². The first-order valence-electron chi connectivity index (χ1n) is 2.79. The van der Waals surface area contributed by atoms with Crippen LogP contribution in [0.25, 0.3) is 11.0 Å². The summed E-state index contributed by atoms with van der Waals surface area (Å²) in [7, 11) is 0. The van der Waals surface area contributed by atoms with Crippen molar-refractivity contribution < 1.29 is 32.7 Å². The summed E-state index contributed by atoms with van der Waals surface area (Å²) in [5.74, 6) is 0. The zero-order valence-electron chi connectivity index (χ0n) is 6.36. The number of imidazole rings is 1. The van der Waals surface area contributed by atoms with E-state index in [4.69, 9.17) is 0 Å². The number of hydrogen-bond donors (Lipinski definition) is 0. The molecule has 0 spiro atoms. The van der Waals surface area contributed by atoms with Gasteiger partial charge in [-0.1, -0.05) is 30.6 Å². The standard InChI is InChI=1S/C7H5N2.CH3.Y/c1-2-4-7-6(3-1)8-5-9-7;;/h1-5H;1H3;/q2*-1;. The van der Waals surface area contributed by atoms with Gasteiger partial charge in [-0.25, -0.2) is 0 Å². The van der Waals surface area contributed by atoms with Gasteiger partial charge < -0.3 is 17.4 Å². The second kappa shape index (κ2) is 4.63. The minimum absolute atomic E-state index is 0. The molecule has 0 N–H and O–H groups in total. The summed E-state index contributed by atoms with van der Waals surface area (Å²) in [6.07, 6.45) is 1.57. The molecule has 11 heavy (non-hydrogen) atoms.